The highest BCUT2D eigenvalue weighted by Crippen LogP contribution is 2.31. The highest BCUT2D eigenvalue weighted by atomic mass is 15.1. The lowest BCUT2D eigenvalue weighted by Crippen LogP contribution is -2.03. The number of nitrogen functional groups attached to an aromatic ring is 1. The van der Waals surface area contributed by atoms with Gasteiger partial charge in [-0.1, -0.05) is 30.2 Å². The zero-order valence-electron chi connectivity index (χ0n) is 11.2. The van der Waals surface area contributed by atoms with E-state index in [-0.39, 0.29) is 0 Å². The molecule has 2 N–H and O–H groups in total. The molecule has 0 amide bonds. The highest BCUT2D eigenvalue weighted by molar-refractivity contribution is 5.96. The molecule has 0 spiro atoms. The lowest BCUT2D eigenvalue weighted by Gasteiger charge is -2.05. The Morgan fingerprint density at radius 3 is 2.90 bits per heavy atom. The first-order valence-corrected chi connectivity index (χ1v) is 6.31. The predicted octanol–water partition coefficient (Wildman–Crippen LogP) is 2.62. The summed E-state index contributed by atoms with van der Waals surface area (Å²) in [5.74, 6) is 3.99. The van der Waals surface area contributed by atoms with Crippen LogP contribution in [0, 0.1) is 19.3 Å². The van der Waals surface area contributed by atoms with Crippen molar-refractivity contribution in [1.82, 2.24) is 14.5 Å². The summed E-state index contributed by atoms with van der Waals surface area (Å²) in [5.41, 5.74) is 7.86. The molecule has 3 aromatic rings. The number of nitrogens with two attached hydrogens (primary N) is 1. The van der Waals surface area contributed by atoms with Gasteiger partial charge in [0, 0.05) is 23.3 Å². The third-order valence-electron chi connectivity index (χ3n) is 3.37. The minimum atomic E-state index is 0.420. The molecule has 4 heteroatoms. The van der Waals surface area contributed by atoms with Gasteiger partial charge < -0.3 is 10.3 Å². The summed E-state index contributed by atoms with van der Waals surface area (Å²) in [6.45, 7) is 2.32. The summed E-state index contributed by atoms with van der Waals surface area (Å²) < 4.78 is 1.83. The third kappa shape index (κ3) is 1.81. The first kappa shape index (κ1) is 12.2. The monoisotopic (exact) mass is 262 g/mol. The number of anilines is 1. The summed E-state index contributed by atoms with van der Waals surface area (Å²) in [4.78, 5) is 8.82. The van der Waals surface area contributed by atoms with Gasteiger partial charge in [0.25, 0.3) is 0 Å². The second-order valence-corrected chi connectivity index (χ2v) is 4.59. The standard InChI is InChI=1S/C16H14N4/c1-3-8-20-11(2)19-15(16(20)17)14-10-18-9-12-6-4-5-7-13(12)14/h1,4-7,9-10H,8,17H2,2H3. The lowest BCUT2D eigenvalue weighted by atomic mass is 10.1. The van der Waals surface area contributed by atoms with E-state index in [0.29, 0.717) is 12.4 Å². The highest BCUT2D eigenvalue weighted by Gasteiger charge is 2.15. The Morgan fingerprint density at radius 1 is 1.30 bits per heavy atom. The Hall–Kier alpha value is -2.80. The van der Waals surface area contributed by atoms with E-state index in [1.807, 2.05) is 42.0 Å². The number of terminal acetylenes is 1. The molecule has 0 radical (unpaired) electrons. The van der Waals surface area contributed by atoms with Crippen molar-refractivity contribution < 1.29 is 0 Å². The molecule has 2 aromatic heterocycles. The maximum Gasteiger partial charge on any atom is 0.132 e. The Morgan fingerprint density at radius 2 is 2.10 bits per heavy atom. The molecular formula is C16H14N4. The fourth-order valence-corrected chi connectivity index (χ4v) is 2.38. The second-order valence-electron chi connectivity index (χ2n) is 4.59. The van der Waals surface area contributed by atoms with Gasteiger partial charge in [-0.2, -0.15) is 0 Å². The van der Waals surface area contributed by atoms with E-state index in [0.717, 1.165) is 27.9 Å². The van der Waals surface area contributed by atoms with Crippen LogP contribution in [0.15, 0.2) is 36.7 Å². The molecular weight excluding hydrogens is 248 g/mol. The molecule has 0 saturated heterocycles. The molecule has 4 nitrogen and oxygen atoms in total. The van der Waals surface area contributed by atoms with E-state index in [4.69, 9.17) is 12.2 Å². The molecule has 0 bridgehead atoms. The second kappa shape index (κ2) is 4.71. The number of aryl methyl sites for hydroxylation is 1. The van der Waals surface area contributed by atoms with Crippen LogP contribution in [-0.4, -0.2) is 14.5 Å². The number of pyridine rings is 1. The van der Waals surface area contributed by atoms with E-state index in [2.05, 4.69) is 15.9 Å². The minimum Gasteiger partial charge on any atom is -0.383 e. The Kier molecular flexibility index (Phi) is 2.88. The normalized spacial score (nSPS) is 10.6. The van der Waals surface area contributed by atoms with E-state index in [1.54, 1.807) is 6.20 Å². The molecule has 0 saturated carbocycles. The maximum atomic E-state index is 6.19. The van der Waals surface area contributed by atoms with Crippen LogP contribution in [0.1, 0.15) is 5.82 Å². The van der Waals surface area contributed by atoms with Crippen molar-refractivity contribution >= 4 is 16.6 Å². The van der Waals surface area contributed by atoms with Gasteiger partial charge in [-0.05, 0) is 12.3 Å². The van der Waals surface area contributed by atoms with Gasteiger partial charge in [0.2, 0.25) is 0 Å². The Balaban J connectivity index is 2.27. The molecule has 0 unspecified atom stereocenters. The fraction of sp³-hybridized carbons (Fsp3) is 0.125. The summed E-state index contributed by atoms with van der Waals surface area (Å²) in [6.07, 6.45) is 9.00. The third-order valence-corrected chi connectivity index (χ3v) is 3.37. The van der Waals surface area contributed by atoms with Gasteiger partial charge >= 0.3 is 0 Å². The first-order valence-electron chi connectivity index (χ1n) is 6.31. The van der Waals surface area contributed by atoms with Gasteiger partial charge in [0.15, 0.2) is 0 Å². The topological polar surface area (TPSA) is 56.7 Å². The Labute approximate surface area is 117 Å². The predicted molar refractivity (Wildman–Crippen MR) is 80.9 cm³/mol. The zero-order valence-corrected chi connectivity index (χ0v) is 11.2. The van der Waals surface area contributed by atoms with Crippen LogP contribution >= 0.6 is 0 Å². The van der Waals surface area contributed by atoms with Gasteiger partial charge in [-0.3, -0.25) is 4.98 Å². The van der Waals surface area contributed by atoms with Crippen LogP contribution in [0.2, 0.25) is 0 Å². The molecule has 3 rings (SSSR count). The summed E-state index contributed by atoms with van der Waals surface area (Å²) >= 11 is 0. The number of rotatable bonds is 2. The number of aromatic nitrogens is 3. The number of nitrogens with zero attached hydrogens (tertiary/aromatic N) is 3. The molecule has 0 fully saturated rings. The number of imidazole rings is 1. The van der Waals surface area contributed by atoms with E-state index in [9.17, 15) is 0 Å². The molecule has 0 atom stereocenters. The number of fused-ring (bicyclic) bond motifs is 1. The largest absolute Gasteiger partial charge is 0.383 e. The molecule has 1 aromatic carbocycles. The molecule has 98 valence electrons. The van der Waals surface area contributed by atoms with Crippen LogP contribution in [0.4, 0.5) is 5.82 Å². The van der Waals surface area contributed by atoms with E-state index < -0.39 is 0 Å². The van der Waals surface area contributed by atoms with Crippen LogP contribution in [0.25, 0.3) is 22.0 Å². The van der Waals surface area contributed by atoms with Crippen molar-refractivity contribution in [2.45, 2.75) is 13.5 Å². The molecule has 0 aliphatic carbocycles. The molecule has 0 aliphatic rings. The maximum absolute atomic E-state index is 6.19. The molecule has 2 heterocycles. The van der Waals surface area contributed by atoms with Gasteiger partial charge in [-0.25, -0.2) is 4.98 Å². The number of hydrogen-bond acceptors (Lipinski definition) is 3. The van der Waals surface area contributed by atoms with Crippen LogP contribution in [0.5, 0.6) is 0 Å². The van der Waals surface area contributed by atoms with E-state index >= 15 is 0 Å². The average Bonchev–Trinajstić information content (AvgIpc) is 2.75. The van der Waals surface area contributed by atoms with Crippen molar-refractivity contribution in [3.8, 4) is 23.6 Å². The average molecular weight is 262 g/mol. The van der Waals surface area contributed by atoms with E-state index in [1.165, 1.54) is 0 Å². The van der Waals surface area contributed by atoms with Crippen molar-refractivity contribution in [1.29, 1.82) is 0 Å². The number of benzene rings is 1. The first-order chi connectivity index (χ1) is 9.72. The van der Waals surface area contributed by atoms with Gasteiger partial charge in [0.1, 0.15) is 17.3 Å². The van der Waals surface area contributed by atoms with Crippen LogP contribution in [-0.2, 0) is 6.54 Å². The SMILES string of the molecule is C#CCn1c(C)nc(-c2cncc3ccccc23)c1N. The smallest absolute Gasteiger partial charge is 0.132 e. The molecule has 20 heavy (non-hydrogen) atoms. The van der Waals surface area contributed by atoms with Crippen molar-refractivity contribution in [2.75, 3.05) is 5.73 Å². The van der Waals surface area contributed by atoms with Crippen molar-refractivity contribution in [2.24, 2.45) is 0 Å². The molecule has 0 aliphatic heterocycles. The fourth-order valence-electron chi connectivity index (χ4n) is 2.38. The van der Waals surface area contributed by atoms with Crippen molar-refractivity contribution in [3.05, 3.63) is 42.5 Å². The van der Waals surface area contributed by atoms with Gasteiger partial charge in [-0.15, -0.1) is 6.42 Å². The summed E-state index contributed by atoms with van der Waals surface area (Å²) in [7, 11) is 0. The lowest BCUT2D eigenvalue weighted by molar-refractivity contribution is 0.807. The quantitative estimate of drug-likeness (QED) is 0.722. The van der Waals surface area contributed by atoms with Crippen molar-refractivity contribution in [3.63, 3.8) is 0 Å². The minimum absolute atomic E-state index is 0.420. The summed E-state index contributed by atoms with van der Waals surface area (Å²) in [6, 6.07) is 8.04. The van der Waals surface area contributed by atoms with Crippen LogP contribution in [0.3, 0.4) is 0 Å². The van der Waals surface area contributed by atoms with Gasteiger partial charge in [0.05, 0.1) is 6.54 Å². The number of hydrogen-bond donors (Lipinski definition) is 1. The summed E-state index contributed by atoms with van der Waals surface area (Å²) in [5, 5.41) is 2.15. The van der Waals surface area contributed by atoms with Crippen LogP contribution < -0.4 is 5.73 Å². The zero-order chi connectivity index (χ0) is 14.1. The Bertz CT molecular complexity index is 819.